The largest absolute Gasteiger partial charge is 0.490 e. The normalized spacial score (nSPS) is 14.1. The molecule has 9 heteroatoms. The first-order valence-electron chi connectivity index (χ1n) is 13.4. The molecule has 1 aliphatic rings. The molecule has 3 aromatic carbocycles. The van der Waals surface area contributed by atoms with Gasteiger partial charge in [0.05, 0.1) is 33.8 Å². The molecule has 0 unspecified atom stereocenters. The highest BCUT2D eigenvalue weighted by Crippen LogP contribution is 2.37. The van der Waals surface area contributed by atoms with Crippen molar-refractivity contribution in [3.05, 3.63) is 98.0 Å². The van der Waals surface area contributed by atoms with Crippen LogP contribution in [0.5, 0.6) is 11.5 Å². The van der Waals surface area contributed by atoms with E-state index in [1.165, 1.54) is 17.2 Å². The van der Waals surface area contributed by atoms with E-state index < -0.39 is 5.97 Å². The minimum atomic E-state index is -0.992. The number of rotatable bonds is 9. The van der Waals surface area contributed by atoms with Crippen LogP contribution in [0.15, 0.2) is 75.0 Å². The van der Waals surface area contributed by atoms with E-state index in [1.807, 2.05) is 31.2 Å². The van der Waals surface area contributed by atoms with E-state index in [4.69, 9.17) is 14.5 Å². The number of carbonyl (C=O) groups is 1. The van der Waals surface area contributed by atoms with Gasteiger partial charge in [0.15, 0.2) is 11.5 Å². The molecule has 1 saturated carbocycles. The molecule has 8 nitrogen and oxygen atoms in total. The first kappa shape index (κ1) is 27.6. The summed E-state index contributed by atoms with van der Waals surface area (Å²) in [6, 6.07) is 17.6. The van der Waals surface area contributed by atoms with Crippen LogP contribution in [0.2, 0.25) is 0 Å². The lowest BCUT2D eigenvalue weighted by Gasteiger charge is -2.22. The number of hydrogen-bond donors (Lipinski definition) is 1. The highest BCUT2D eigenvalue weighted by Gasteiger charge is 2.22. The summed E-state index contributed by atoms with van der Waals surface area (Å²) < 4.78 is 14.0. The molecular weight excluding hydrogens is 574 g/mol. The number of aromatic carboxylic acids is 1. The molecule has 1 heterocycles. The molecule has 1 N–H and O–H groups in total. The molecule has 0 aliphatic heterocycles. The van der Waals surface area contributed by atoms with Crippen LogP contribution in [0, 0.1) is 0 Å². The Labute approximate surface area is 240 Å². The molecule has 0 atom stereocenters. The first-order valence-corrected chi connectivity index (χ1v) is 14.2. The Hall–Kier alpha value is -3.98. The number of carboxylic acids is 1. The van der Waals surface area contributed by atoms with E-state index in [9.17, 15) is 14.7 Å². The van der Waals surface area contributed by atoms with Crippen molar-refractivity contribution in [2.75, 3.05) is 6.61 Å². The third kappa shape index (κ3) is 6.09. The second-order valence-electron chi connectivity index (χ2n) is 9.74. The van der Waals surface area contributed by atoms with E-state index in [0.29, 0.717) is 44.9 Å². The molecule has 0 saturated heterocycles. The highest BCUT2D eigenvalue weighted by molar-refractivity contribution is 9.10. The van der Waals surface area contributed by atoms with Crippen LogP contribution in [0.4, 0.5) is 0 Å². The minimum Gasteiger partial charge on any atom is -0.490 e. The van der Waals surface area contributed by atoms with Gasteiger partial charge in [-0.05, 0) is 83.2 Å². The Morgan fingerprint density at radius 1 is 1.10 bits per heavy atom. The third-order valence-corrected chi connectivity index (χ3v) is 7.55. The molecular formula is C31H30BrN3O5. The minimum absolute atomic E-state index is 0.163. The summed E-state index contributed by atoms with van der Waals surface area (Å²) >= 11 is 3.59. The van der Waals surface area contributed by atoms with Crippen molar-refractivity contribution in [3.8, 4) is 11.5 Å². The van der Waals surface area contributed by atoms with Gasteiger partial charge in [-0.3, -0.25) is 4.79 Å². The fourth-order valence-electron chi connectivity index (χ4n) is 5.02. The standard InChI is InChI=1S/C31H30BrN3O5/c1-2-39-27-17-21(16-25(32)28(27)40-19-20-9-8-12-23(15-20)31(37)38)18-33-35-29(22-10-4-3-5-11-22)34-26-14-7-6-13-24(26)30(35)36/h6-9,12-18,22H,2-5,10-11,19H2,1H3,(H,37,38). The van der Waals surface area contributed by atoms with Gasteiger partial charge in [-0.25, -0.2) is 9.78 Å². The molecule has 0 bridgehead atoms. The quantitative estimate of drug-likeness (QED) is 0.212. The lowest BCUT2D eigenvalue weighted by atomic mass is 9.88. The number of carboxylic acid groups (broad SMARTS) is 1. The average molecular weight is 605 g/mol. The van der Waals surface area contributed by atoms with E-state index >= 15 is 0 Å². The van der Waals surface area contributed by atoms with Crippen LogP contribution in [-0.2, 0) is 6.61 Å². The predicted molar refractivity (Wildman–Crippen MR) is 158 cm³/mol. The van der Waals surface area contributed by atoms with Gasteiger partial charge >= 0.3 is 5.97 Å². The van der Waals surface area contributed by atoms with E-state index in [0.717, 1.165) is 31.2 Å². The van der Waals surface area contributed by atoms with Gasteiger partial charge in [0.1, 0.15) is 12.4 Å². The van der Waals surface area contributed by atoms with Crippen molar-refractivity contribution in [1.82, 2.24) is 9.66 Å². The Morgan fingerprint density at radius 2 is 1.90 bits per heavy atom. The van der Waals surface area contributed by atoms with Crippen molar-refractivity contribution < 1.29 is 19.4 Å². The van der Waals surface area contributed by atoms with Gasteiger partial charge in [0, 0.05) is 5.92 Å². The lowest BCUT2D eigenvalue weighted by Crippen LogP contribution is -2.25. The van der Waals surface area contributed by atoms with Gasteiger partial charge in [-0.2, -0.15) is 9.78 Å². The number of aromatic nitrogens is 2. The smallest absolute Gasteiger partial charge is 0.335 e. The molecule has 0 spiro atoms. The SMILES string of the molecule is CCOc1cc(C=Nn2c(C3CCCCC3)nc3ccccc3c2=O)cc(Br)c1OCc1cccc(C(=O)O)c1. The molecule has 1 aromatic heterocycles. The van der Waals surface area contributed by atoms with E-state index in [2.05, 4.69) is 21.0 Å². The monoisotopic (exact) mass is 603 g/mol. The zero-order valence-electron chi connectivity index (χ0n) is 22.2. The Bertz CT molecular complexity index is 1630. The van der Waals surface area contributed by atoms with Crippen LogP contribution in [-0.4, -0.2) is 33.6 Å². The first-order chi connectivity index (χ1) is 19.4. The topological polar surface area (TPSA) is 103 Å². The number of benzene rings is 3. The summed E-state index contributed by atoms with van der Waals surface area (Å²) in [7, 11) is 0. The molecule has 4 aromatic rings. The molecule has 206 valence electrons. The van der Waals surface area contributed by atoms with Crippen LogP contribution in [0.1, 0.15) is 72.3 Å². The summed E-state index contributed by atoms with van der Waals surface area (Å²) in [6.45, 7) is 2.46. The van der Waals surface area contributed by atoms with Gasteiger partial charge in [-0.1, -0.05) is 43.5 Å². The van der Waals surface area contributed by atoms with Crippen LogP contribution in [0.3, 0.4) is 0 Å². The number of halogens is 1. The van der Waals surface area contributed by atoms with E-state index in [-0.39, 0.29) is 23.6 Å². The fourth-order valence-corrected chi connectivity index (χ4v) is 5.59. The van der Waals surface area contributed by atoms with Crippen LogP contribution < -0.4 is 15.0 Å². The predicted octanol–water partition coefficient (Wildman–Crippen LogP) is 6.76. The Morgan fingerprint density at radius 3 is 2.67 bits per heavy atom. The number of nitrogens with zero attached hydrogens (tertiary/aromatic N) is 3. The Balaban J connectivity index is 1.47. The summed E-state index contributed by atoms with van der Waals surface area (Å²) in [4.78, 5) is 29.7. The maximum atomic E-state index is 13.5. The summed E-state index contributed by atoms with van der Waals surface area (Å²) in [5.41, 5.74) is 2.14. The molecule has 1 aliphatic carbocycles. The second-order valence-corrected chi connectivity index (χ2v) is 10.6. The summed E-state index contributed by atoms with van der Waals surface area (Å²) in [5.74, 6) is 0.891. The van der Waals surface area contributed by atoms with E-state index in [1.54, 1.807) is 36.5 Å². The molecule has 5 rings (SSSR count). The van der Waals surface area contributed by atoms with Crippen molar-refractivity contribution in [1.29, 1.82) is 0 Å². The average Bonchev–Trinajstić information content (AvgIpc) is 2.97. The Kier molecular flexibility index (Phi) is 8.60. The number of hydrogen-bond acceptors (Lipinski definition) is 6. The number of fused-ring (bicyclic) bond motifs is 1. The zero-order valence-corrected chi connectivity index (χ0v) is 23.8. The van der Waals surface area contributed by atoms with Crippen LogP contribution >= 0.6 is 15.9 Å². The van der Waals surface area contributed by atoms with Crippen molar-refractivity contribution >= 4 is 39.0 Å². The maximum Gasteiger partial charge on any atom is 0.335 e. The number of para-hydroxylation sites is 1. The van der Waals surface area contributed by atoms with Gasteiger partial charge < -0.3 is 14.6 Å². The van der Waals surface area contributed by atoms with Crippen molar-refractivity contribution in [2.24, 2.45) is 5.10 Å². The number of ether oxygens (including phenoxy) is 2. The second kappa shape index (κ2) is 12.5. The molecule has 0 radical (unpaired) electrons. The fraction of sp³-hybridized carbons (Fsp3) is 0.290. The van der Waals surface area contributed by atoms with Gasteiger partial charge in [-0.15, -0.1) is 0 Å². The van der Waals surface area contributed by atoms with Crippen molar-refractivity contribution in [2.45, 2.75) is 51.6 Å². The summed E-state index contributed by atoms with van der Waals surface area (Å²) in [5, 5.41) is 14.4. The lowest BCUT2D eigenvalue weighted by molar-refractivity contribution is 0.0696. The van der Waals surface area contributed by atoms with Crippen molar-refractivity contribution in [3.63, 3.8) is 0 Å². The summed E-state index contributed by atoms with van der Waals surface area (Å²) in [6.07, 6.45) is 7.04. The highest BCUT2D eigenvalue weighted by atomic mass is 79.9. The van der Waals surface area contributed by atoms with Gasteiger partial charge in [0.2, 0.25) is 0 Å². The third-order valence-electron chi connectivity index (χ3n) is 6.96. The van der Waals surface area contributed by atoms with Gasteiger partial charge in [0.25, 0.3) is 5.56 Å². The zero-order chi connectivity index (χ0) is 28.1. The molecule has 0 amide bonds. The molecule has 40 heavy (non-hydrogen) atoms. The van der Waals surface area contributed by atoms with Crippen LogP contribution in [0.25, 0.3) is 10.9 Å². The maximum absolute atomic E-state index is 13.5. The molecule has 1 fully saturated rings.